The molecule has 2 fully saturated rings. The van der Waals surface area contributed by atoms with Crippen molar-refractivity contribution in [2.75, 3.05) is 0 Å². The first kappa shape index (κ1) is 15.8. The third-order valence-corrected chi connectivity index (χ3v) is 7.43. The number of aliphatic carboxylic acids is 1. The van der Waals surface area contributed by atoms with Gasteiger partial charge in [0.2, 0.25) is 0 Å². The highest BCUT2D eigenvalue weighted by atomic mass is 16.4. The van der Waals surface area contributed by atoms with Crippen LogP contribution in [0.5, 0.6) is 0 Å². The van der Waals surface area contributed by atoms with E-state index in [1.54, 1.807) is 5.57 Å². The van der Waals surface area contributed by atoms with E-state index in [1.807, 2.05) is 6.92 Å². The minimum Gasteiger partial charge on any atom is -0.481 e. The summed E-state index contributed by atoms with van der Waals surface area (Å²) in [5.41, 5.74) is 1.43. The van der Waals surface area contributed by atoms with Gasteiger partial charge in [0, 0.05) is 0 Å². The average molecular weight is 302 g/mol. The van der Waals surface area contributed by atoms with Gasteiger partial charge in [-0.3, -0.25) is 4.79 Å². The zero-order valence-electron chi connectivity index (χ0n) is 14.3. The van der Waals surface area contributed by atoms with Crippen LogP contribution in [-0.4, -0.2) is 11.1 Å². The first-order chi connectivity index (χ1) is 10.3. The van der Waals surface area contributed by atoms with Crippen LogP contribution in [0.15, 0.2) is 24.3 Å². The van der Waals surface area contributed by atoms with Gasteiger partial charge >= 0.3 is 5.97 Å². The molecule has 3 aliphatic rings. The van der Waals surface area contributed by atoms with Gasteiger partial charge in [0.1, 0.15) is 0 Å². The maximum atomic E-state index is 11.9. The Morgan fingerprint density at radius 1 is 1.32 bits per heavy atom. The molecule has 5 unspecified atom stereocenters. The standard InChI is InChI=1S/C20H30O2/c1-5-18(2)12-9-15-14(13-18)7-8-16-19(15,3)10-6-11-20(16,4)17(21)22/h5,7,15-16H,1,6,8-13H2,2-4H3,(H,21,22). The van der Waals surface area contributed by atoms with Crippen molar-refractivity contribution < 1.29 is 9.90 Å². The van der Waals surface area contributed by atoms with Crippen molar-refractivity contribution in [3.05, 3.63) is 24.3 Å². The number of carbonyl (C=O) groups is 1. The molecular weight excluding hydrogens is 272 g/mol. The van der Waals surface area contributed by atoms with Gasteiger partial charge in [-0.1, -0.05) is 38.0 Å². The Kier molecular flexibility index (Phi) is 3.58. The summed E-state index contributed by atoms with van der Waals surface area (Å²) in [6.45, 7) is 10.7. The van der Waals surface area contributed by atoms with Crippen LogP contribution in [0.3, 0.4) is 0 Å². The first-order valence-electron chi connectivity index (χ1n) is 8.81. The molecule has 3 aliphatic carbocycles. The van der Waals surface area contributed by atoms with Crippen LogP contribution in [0.25, 0.3) is 0 Å². The number of allylic oxidation sites excluding steroid dienone is 3. The van der Waals surface area contributed by atoms with E-state index in [-0.39, 0.29) is 16.7 Å². The van der Waals surface area contributed by atoms with Gasteiger partial charge in [0.25, 0.3) is 0 Å². The fourth-order valence-electron chi connectivity index (χ4n) is 5.86. The molecule has 0 radical (unpaired) electrons. The van der Waals surface area contributed by atoms with Gasteiger partial charge in [0.05, 0.1) is 5.41 Å². The molecule has 2 saturated carbocycles. The van der Waals surface area contributed by atoms with Gasteiger partial charge < -0.3 is 5.11 Å². The van der Waals surface area contributed by atoms with Gasteiger partial charge in [-0.05, 0) is 68.1 Å². The lowest BCUT2D eigenvalue weighted by molar-refractivity contribution is -0.163. The molecule has 0 spiro atoms. The predicted molar refractivity (Wildman–Crippen MR) is 89.5 cm³/mol. The van der Waals surface area contributed by atoms with E-state index in [0.29, 0.717) is 5.92 Å². The zero-order chi connectivity index (χ0) is 16.2. The minimum absolute atomic E-state index is 0.165. The van der Waals surface area contributed by atoms with Gasteiger partial charge in [0.15, 0.2) is 0 Å². The minimum atomic E-state index is -0.591. The lowest BCUT2D eigenvalue weighted by Gasteiger charge is -2.58. The molecule has 0 aromatic carbocycles. The lowest BCUT2D eigenvalue weighted by atomic mass is 9.45. The van der Waals surface area contributed by atoms with Crippen molar-refractivity contribution in [3.63, 3.8) is 0 Å². The van der Waals surface area contributed by atoms with Crippen molar-refractivity contribution in [1.82, 2.24) is 0 Å². The second-order valence-electron chi connectivity index (χ2n) is 8.78. The summed E-state index contributed by atoms with van der Waals surface area (Å²) in [7, 11) is 0. The zero-order valence-corrected chi connectivity index (χ0v) is 14.3. The number of hydrogen-bond acceptors (Lipinski definition) is 1. The molecule has 1 N–H and O–H groups in total. The fraction of sp³-hybridized carbons (Fsp3) is 0.750. The van der Waals surface area contributed by atoms with Crippen LogP contribution >= 0.6 is 0 Å². The number of fused-ring (bicyclic) bond motifs is 3. The smallest absolute Gasteiger partial charge is 0.309 e. The Morgan fingerprint density at radius 3 is 2.68 bits per heavy atom. The second-order valence-corrected chi connectivity index (χ2v) is 8.78. The summed E-state index contributed by atoms with van der Waals surface area (Å²) in [4.78, 5) is 11.9. The third-order valence-electron chi connectivity index (χ3n) is 7.43. The molecule has 3 rings (SSSR count). The van der Waals surface area contributed by atoms with Crippen LogP contribution < -0.4 is 0 Å². The average Bonchev–Trinajstić information content (AvgIpc) is 2.46. The summed E-state index contributed by atoms with van der Waals surface area (Å²) in [5, 5.41) is 9.83. The van der Waals surface area contributed by atoms with Crippen LogP contribution in [0, 0.1) is 28.1 Å². The number of rotatable bonds is 2. The number of carboxylic acid groups (broad SMARTS) is 1. The van der Waals surface area contributed by atoms with Crippen LogP contribution in [0.1, 0.15) is 65.7 Å². The molecule has 22 heavy (non-hydrogen) atoms. The van der Waals surface area contributed by atoms with E-state index >= 15 is 0 Å². The first-order valence-corrected chi connectivity index (χ1v) is 8.81. The fourth-order valence-corrected chi connectivity index (χ4v) is 5.86. The van der Waals surface area contributed by atoms with E-state index < -0.39 is 11.4 Å². The summed E-state index contributed by atoms with van der Waals surface area (Å²) in [6.07, 6.45) is 12.0. The highest BCUT2D eigenvalue weighted by Gasteiger charge is 2.58. The predicted octanol–water partition coefficient (Wildman–Crippen LogP) is 5.21. The van der Waals surface area contributed by atoms with Crippen molar-refractivity contribution in [2.24, 2.45) is 28.1 Å². The summed E-state index contributed by atoms with van der Waals surface area (Å²) < 4.78 is 0. The second kappa shape index (κ2) is 4.97. The molecule has 2 nitrogen and oxygen atoms in total. The Morgan fingerprint density at radius 2 is 2.05 bits per heavy atom. The number of hydrogen-bond donors (Lipinski definition) is 1. The molecule has 0 saturated heterocycles. The van der Waals surface area contributed by atoms with Gasteiger partial charge in [-0.2, -0.15) is 0 Å². The third kappa shape index (κ3) is 2.10. The largest absolute Gasteiger partial charge is 0.481 e. The maximum absolute atomic E-state index is 11.9. The Labute approximate surface area is 134 Å². The Bertz CT molecular complexity index is 534. The van der Waals surface area contributed by atoms with E-state index in [4.69, 9.17) is 0 Å². The number of carboxylic acids is 1. The molecule has 0 aromatic heterocycles. The molecule has 0 amide bonds. The van der Waals surface area contributed by atoms with Crippen molar-refractivity contribution in [2.45, 2.75) is 65.7 Å². The van der Waals surface area contributed by atoms with Crippen LogP contribution in [0.2, 0.25) is 0 Å². The normalized spacial score (nSPS) is 47.9. The maximum Gasteiger partial charge on any atom is 0.309 e. The molecule has 0 aliphatic heterocycles. The molecule has 0 bridgehead atoms. The summed E-state index contributed by atoms with van der Waals surface area (Å²) in [6, 6.07) is 0. The highest BCUT2D eigenvalue weighted by molar-refractivity contribution is 5.75. The van der Waals surface area contributed by atoms with E-state index in [0.717, 1.165) is 25.7 Å². The lowest BCUT2D eigenvalue weighted by Crippen LogP contribution is -2.53. The van der Waals surface area contributed by atoms with Gasteiger partial charge in [-0.15, -0.1) is 6.58 Å². The molecule has 0 heterocycles. The molecule has 0 aromatic rings. The monoisotopic (exact) mass is 302 g/mol. The van der Waals surface area contributed by atoms with Crippen molar-refractivity contribution in [3.8, 4) is 0 Å². The Balaban J connectivity index is 1.98. The SMILES string of the molecule is C=CC1(C)CCC2C(=CCC3C(C)(C(=O)O)CCCC23C)C1. The van der Waals surface area contributed by atoms with E-state index in [2.05, 4.69) is 32.6 Å². The van der Waals surface area contributed by atoms with E-state index in [1.165, 1.54) is 19.3 Å². The van der Waals surface area contributed by atoms with Gasteiger partial charge in [-0.25, -0.2) is 0 Å². The molecular formula is C20H30O2. The Hall–Kier alpha value is -1.05. The molecule has 2 heteroatoms. The quantitative estimate of drug-likeness (QED) is 0.711. The topological polar surface area (TPSA) is 37.3 Å². The summed E-state index contributed by atoms with van der Waals surface area (Å²) in [5.74, 6) is 0.276. The highest BCUT2D eigenvalue weighted by Crippen LogP contribution is 2.63. The summed E-state index contributed by atoms with van der Waals surface area (Å²) >= 11 is 0. The molecule has 122 valence electrons. The van der Waals surface area contributed by atoms with Crippen LogP contribution in [-0.2, 0) is 4.79 Å². The van der Waals surface area contributed by atoms with Crippen molar-refractivity contribution in [1.29, 1.82) is 0 Å². The molecule has 5 atom stereocenters. The van der Waals surface area contributed by atoms with Crippen molar-refractivity contribution >= 4 is 5.97 Å². The van der Waals surface area contributed by atoms with Crippen LogP contribution in [0.4, 0.5) is 0 Å². The van der Waals surface area contributed by atoms with E-state index in [9.17, 15) is 9.90 Å².